The van der Waals surface area contributed by atoms with Crippen molar-refractivity contribution in [1.82, 2.24) is 19.0 Å². The van der Waals surface area contributed by atoms with Crippen LogP contribution in [0.5, 0.6) is 5.75 Å². The van der Waals surface area contributed by atoms with Crippen LogP contribution in [-0.4, -0.2) is 50.7 Å². The number of nitrogens with two attached hydrogens (primary N) is 1. The molecule has 9 heteroatoms. The Morgan fingerprint density at radius 3 is 2.54 bits per heavy atom. The van der Waals surface area contributed by atoms with Gasteiger partial charge in [-0.25, -0.2) is 4.98 Å². The van der Waals surface area contributed by atoms with Gasteiger partial charge in [0.25, 0.3) is 5.91 Å². The number of imidazole rings is 1. The van der Waals surface area contributed by atoms with E-state index in [0.717, 1.165) is 86.0 Å². The number of likely N-dealkylation sites (tertiary alicyclic amines) is 1. The first-order chi connectivity index (χ1) is 22.4. The minimum Gasteiger partial charge on any atom is -0.619 e. The second kappa shape index (κ2) is 10.1. The Morgan fingerprint density at radius 1 is 1.00 bits per heavy atom. The Kier molecular flexibility index (Phi) is 5.99. The number of amides is 1. The molecule has 2 saturated carbocycles. The van der Waals surface area contributed by atoms with Gasteiger partial charge in [0.15, 0.2) is 18.2 Å². The molecule has 2 aliphatic carbocycles. The first kappa shape index (κ1) is 27.4. The van der Waals surface area contributed by atoms with E-state index < -0.39 is 0 Å². The number of rotatable bonds is 6. The lowest BCUT2D eigenvalue weighted by molar-refractivity contribution is -0.603. The van der Waals surface area contributed by atoms with Crippen LogP contribution in [0, 0.1) is 17.0 Å². The lowest BCUT2D eigenvalue weighted by atomic mass is 10.0. The number of nitrogens with zero attached hydrogens (tertiary/aromatic N) is 5. The number of hydrogen-bond donors (Lipinski definition) is 1. The maximum absolute atomic E-state index is 13.8. The third-order valence-corrected chi connectivity index (χ3v) is 10.7. The van der Waals surface area contributed by atoms with Gasteiger partial charge in [-0.05, 0) is 84.4 Å². The number of pyridine rings is 1. The molecule has 3 aliphatic rings. The van der Waals surface area contributed by atoms with E-state index in [1.54, 1.807) is 13.3 Å². The summed E-state index contributed by atoms with van der Waals surface area (Å²) < 4.78 is 11.2. The van der Waals surface area contributed by atoms with Crippen molar-refractivity contribution in [1.29, 1.82) is 0 Å². The Hall–Kier alpha value is -4.89. The van der Waals surface area contributed by atoms with Gasteiger partial charge in [0.2, 0.25) is 0 Å². The second-order valence-electron chi connectivity index (χ2n) is 13.5. The van der Waals surface area contributed by atoms with Gasteiger partial charge in [-0.1, -0.05) is 24.3 Å². The quantitative estimate of drug-likeness (QED) is 0.194. The number of carbonyl (C=O) groups is 1. The number of benzene rings is 3. The number of hydrogen-bond acceptors (Lipinski definition) is 5. The zero-order chi connectivity index (χ0) is 31.3. The molecule has 1 amide bonds. The molecule has 9 nitrogen and oxygen atoms in total. The predicted molar refractivity (Wildman–Crippen MR) is 178 cm³/mol. The van der Waals surface area contributed by atoms with Gasteiger partial charge >= 0.3 is 0 Å². The Labute approximate surface area is 266 Å². The monoisotopic (exact) mass is 612 g/mol. The van der Waals surface area contributed by atoms with E-state index in [9.17, 15) is 10.0 Å². The molecule has 46 heavy (non-hydrogen) atoms. The molecule has 6 aromatic rings. The van der Waals surface area contributed by atoms with Crippen molar-refractivity contribution < 1.29 is 14.3 Å². The normalized spacial score (nSPS) is 20.8. The van der Waals surface area contributed by atoms with Crippen LogP contribution in [0.15, 0.2) is 73.1 Å². The van der Waals surface area contributed by atoms with Gasteiger partial charge < -0.3 is 29.7 Å². The summed E-state index contributed by atoms with van der Waals surface area (Å²) in [7, 11) is 3.67. The van der Waals surface area contributed by atoms with Crippen molar-refractivity contribution in [2.24, 2.45) is 24.6 Å². The number of carbonyl (C=O) groups excluding carboxylic acids is 1. The van der Waals surface area contributed by atoms with Gasteiger partial charge in [-0.3, -0.25) is 4.79 Å². The van der Waals surface area contributed by atoms with E-state index in [1.165, 1.54) is 19.0 Å². The van der Waals surface area contributed by atoms with Crippen LogP contribution >= 0.6 is 0 Å². The van der Waals surface area contributed by atoms with Gasteiger partial charge in [0.1, 0.15) is 11.3 Å². The van der Waals surface area contributed by atoms with Crippen LogP contribution in [0.4, 0.5) is 0 Å². The van der Waals surface area contributed by atoms with Crippen molar-refractivity contribution in [3.63, 3.8) is 0 Å². The summed E-state index contributed by atoms with van der Waals surface area (Å²) in [6, 6.07) is 20.9. The fourth-order valence-corrected chi connectivity index (χ4v) is 7.99. The number of methoxy groups -OCH3 is 1. The SMILES string of the molecule is COc1cc(C(=O)N2CC3CCC2[C@@H]3N)cc2nc(-c3cc4ccc(-c5ccc6cc[n+]([O-])cc6c5)cc4n3CC3CC3)n(C)c12. The minimum atomic E-state index is 0.00388. The summed E-state index contributed by atoms with van der Waals surface area (Å²) in [6.45, 7) is 1.64. The molecule has 3 fully saturated rings. The summed E-state index contributed by atoms with van der Waals surface area (Å²) in [5.74, 6) is 2.51. The number of fused-ring (bicyclic) bond motifs is 5. The topological polar surface area (TPSA) is 105 Å². The zero-order valence-corrected chi connectivity index (χ0v) is 26.0. The fourth-order valence-electron chi connectivity index (χ4n) is 7.99. The Balaban J connectivity index is 1.15. The highest BCUT2D eigenvalue weighted by atomic mass is 16.5. The van der Waals surface area contributed by atoms with Crippen molar-refractivity contribution in [3.05, 3.63) is 83.8 Å². The standard InChI is InChI=1S/C37H36N6O3/c1-40-35-29(14-27(17-33(35)46-2)37(44)43-20-26-9-10-30(43)34(26)38)39-36(40)32-16-25-8-7-24(15-31(25)42(32)18-21-3-4-21)23-6-5-22-11-12-41(45)19-28(22)13-23/h5-8,11-17,19,21,26,30,34H,3-4,9-10,18,20,38H2,1-2H3/t26?,30?,34-/m1/s1. The molecule has 3 atom stereocenters. The van der Waals surface area contributed by atoms with Crippen molar-refractivity contribution in [2.75, 3.05) is 13.7 Å². The Bertz CT molecular complexity index is 2210. The third kappa shape index (κ3) is 4.21. The molecule has 0 radical (unpaired) electrons. The summed E-state index contributed by atoms with van der Waals surface area (Å²) in [6.07, 6.45) is 7.67. The van der Waals surface area contributed by atoms with E-state index in [0.29, 0.717) is 23.1 Å². The van der Waals surface area contributed by atoms with Gasteiger partial charge in [0, 0.05) is 60.1 Å². The highest BCUT2D eigenvalue weighted by Crippen LogP contribution is 2.41. The molecule has 1 aliphatic heterocycles. The van der Waals surface area contributed by atoms with Crippen LogP contribution in [0.1, 0.15) is 36.0 Å². The first-order valence-electron chi connectivity index (χ1n) is 16.2. The average Bonchev–Trinajstić information content (AvgIpc) is 3.47. The number of ether oxygens (including phenoxy) is 1. The molecule has 232 valence electrons. The van der Waals surface area contributed by atoms with Crippen molar-refractivity contribution in [3.8, 4) is 28.4 Å². The fraction of sp³-hybridized carbons (Fsp3) is 0.324. The highest BCUT2D eigenvalue weighted by Gasteiger charge is 2.47. The molecule has 9 rings (SSSR count). The van der Waals surface area contributed by atoms with E-state index in [4.69, 9.17) is 15.5 Å². The minimum absolute atomic E-state index is 0.00388. The molecule has 2 unspecified atom stereocenters. The molecule has 0 spiro atoms. The van der Waals surface area contributed by atoms with Gasteiger partial charge in [-0.2, -0.15) is 4.73 Å². The largest absolute Gasteiger partial charge is 0.619 e. The molecule has 1 saturated heterocycles. The number of piperidine rings is 1. The second-order valence-corrected chi connectivity index (χ2v) is 13.5. The first-order valence-corrected chi connectivity index (χ1v) is 16.2. The van der Waals surface area contributed by atoms with E-state index in [1.807, 2.05) is 30.1 Å². The zero-order valence-electron chi connectivity index (χ0n) is 26.0. The third-order valence-electron chi connectivity index (χ3n) is 10.7. The molecular formula is C37H36N6O3. The summed E-state index contributed by atoms with van der Waals surface area (Å²) in [5, 5.41) is 15.0. The van der Waals surface area contributed by atoms with Gasteiger partial charge in [-0.15, -0.1) is 0 Å². The number of aryl methyl sites for hydroxylation is 1. The van der Waals surface area contributed by atoms with Crippen LogP contribution in [-0.2, 0) is 13.6 Å². The van der Waals surface area contributed by atoms with Crippen molar-refractivity contribution in [2.45, 2.75) is 44.3 Å². The lowest BCUT2D eigenvalue weighted by Gasteiger charge is -2.27. The molecule has 2 bridgehead atoms. The van der Waals surface area contributed by atoms with Gasteiger partial charge in [0.05, 0.1) is 18.3 Å². The highest BCUT2D eigenvalue weighted by molar-refractivity contribution is 6.01. The number of aromatic nitrogens is 4. The predicted octanol–water partition coefficient (Wildman–Crippen LogP) is 5.63. The Morgan fingerprint density at radius 2 is 1.80 bits per heavy atom. The van der Waals surface area contributed by atoms with Crippen LogP contribution in [0.25, 0.3) is 55.4 Å². The van der Waals surface area contributed by atoms with Crippen LogP contribution in [0.2, 0.25) is 0 Å². The molecule has 2 N–H and O–H groups in total. The molecular weight excluding hydrogens is 576 g/mol. The summed E-state index contributed by atoms with van der Waals surface area (Å²) >= 11 is 0. The van der Waals surface area contributed by atoms with E-state index >= 15 is 0 Å². The molecule has 4 heterocycles. The average molecular weight is 613 g/mol. The summed E-state index contributed by atoms with van der Waals surface area (Å²) in [5.41, 5.74) is 13.0. The van der Waals surface area contributed by atoms with E-state index in [2.05, 4.69) is 51.6 Å². The van der Waals surface area contributed by atoms with Crippen LogP contribution in [0.3, 0.4) is 0 Å². The molecule has 3 aromatic heterocycles. The van der Waals surface area contributed by atoms with E-state index in [-0.39, 0.29) is 18.0 Å². The maximum Gasteiger partial charge on any atom is 0.254 e. The van der Waals surface area contributed by atoms with Crippen molar-refractivity contribution >= 4 is 38.6 Å². The maximum atomic E-state index is 13.8. The smallest absolute Gasteiger partial charge is 0.254 e. The van der Waals surface area contributed by atoms with Crippen LogP contribution < -0.4 is 15.2 Å². The molecule has 3 aromatic carbocycles. The summed E-state index contributed by atoms with van der Waals surface area (Å²) in [4.78, 5) is 20.9. The lowest BCUT2D eigenvalue weighted by Crippen LogP contribution is -2.41.